The molecule has 0 aromatic heterocycles. The molecule has 12 aromatic rings. The molecule has 2 unspecified atom stereocenters. The molecule has 6 heteroatoms. The molecule has 17 rings (SSSR count). The minimum Gasteiger partial charge on any atom is -0.371 e. The van der Waals surface area contributed by atoms with Gasteiger partial charge >= 0.3 is 0 Å². The maximum Gasteiger partial charge on any atom is 0.224 e. The van der Waals surface area contributed by atoms with E-state index in [9.17, 15) is 0 Å². The average Bonchev–Trinajstić information content (AvgIpc) is 0.677. The van der Waals surface area contributed by atoms with Gasteiger partial charge in [0.1, 0.15) is 0 Å². The topological polar surface area (TPSA) is 16.2 Å². The molecule has 88 heavy (non-hydrogen) atoms. The van der Waals surface area contributed by atoms with E-state index in [0.29, 0.717) is 0 Å². The molecule has 3 atom stereocenters. The summed E-state index contributed by atoms with van der Waals surface area (Å²) < 4.78 is 0. The molecule has 5 nitrogen and oxygen atoms in total. The van der Waals surface area contributed by atoms with Gasteiger partial charge in [0, 0.05) is 98.6 Å². The molecule has 4 aliphatic heterocycles. The number of para-hydroxylation sites is 6. The van der Waals surface area contributed by atoms with Gasteiger partial charge in [0.05, 0.1) is 11.4 Å². The fraction of sp³-hybridized carbons (Fsp3) is 0.122. The summed E-state index contributed by atoms with van der Waals surface area (Å²) in [6.07, 6.45) is 5.17. The molecular formula is C82H66BN5. The second kappa shape index (κ2) is 21.9. The Morgan fingerprint density at radius 3 is 1.22 bits per heavy atom. The summed E-state index contributed by atoms with van der Waals surface area (Å²) in [6, 6.07) is 112. The van der Waals surface area contributed by atoms with E-state index in [4.69, 9.17) is 0 Å². The molecule has 1 saturated carbocycles. The minimum absolute atomic E-state index is 0.00843. The number of anilines is 11. The van der Waals surface area contributed by atoms with E-state index in [1.165, 1.54) is 112 Å². The van der Waals surface area contributed by atoms with E-state index in [2.05, 4.69) is 322 Å². The van der Waals surface area contributed by atoms with Crippen molar-refractivity contribution in [3.8, 4) is 44.5 Å². The molecule has 1 aliphatic carbocycles. The predicted molar refractivity (Wildman–Crippen MR) is 371 cm³/mol. The smallest absolute Gasteiger partial charge is 0.224 e. The second-order valence-electron chi connectivity index (χ2n) is 24.4. The molecule has 0 bridgehead atoms. The first-order chi connectivity index (χ1) is 43.7. The first-order valence-corrected chi connectivity index (χ1v) is 31.7. The van der Waals surface area contributed by atoms with E-state index >= 15 is 0 Å². The number of hydrogen-bond donors (Lipinski definition) is 0. The van der Waals surface area contributed by atoms with Crippen LogP contribution >= 0.6 is 0 Å². The normalized spacial score (nSPS) is 16.8. The summed E-state index contributed by atoms with van der Waals surface area (Å²) in [6.45, 7) is 2.11. The SMILES string of the molecule is c1ccc(-c2cccc(-c3ccccc3)c2N2c3cc(N(c4ccccc4)c4ccccc4)ccc3B3c4c2c2c5c(c4N(c4c(-c6ccccc6)cccc4-c4ccccc4)C4CC(N(c6ccccc6)c6ccccc6)[C@H]34)CCCN5CCC2)cc1. The lowest BCUT2D eigenvalue weighted by Gasteiger charge is -2.63. The van der Waals surface area contributed by atoms with Crippen molar-refractivity contribution in [3.63, 3.8) is 0 Å². The maximum atomic E-state index is 2.98. The third-order valence-electron chi connectivity index (χ3n) is 19.7. The summed E-state index contributed by atoms with van der Waals surface area (Å²) in [5, 5.41) is 0. The first-order valence-electron chi connectivity index (χ1n) is 31.7. The quantitative estimate of drug-likeness (QED) is 0.113. The monoisotopic (exact) mass is 1130 g/mol. The lowest BCUT2D eigenvalue weighted by molar-refractivity contribution is 0.337. The van der Waals surface area contributed by atoms with Gasteiger partial charge < -0.3 is 24.5 Å². The van der Waals surface area contributed by atoms with Gasteiger partial charge in [-0.05, 0) is 143 Å². The largest absolute Gasteiger partial charge is 0.371 e. The van der Waals surface area contributed by atoms with Crippen LogP contribution in [0.25, 0.3) is 44.5 Å². The van der Waals surface area contributed by atoms with Crippen molar-refractivity contribution in [1.82, 2.24) is 0 Å². The van der Waals surface area contributed by atoms with Crippen LogP contribution in [-0.2, 0) is 12.8 Å². The van der Waals surface area contributed by atoms with Crippen molar-refractivity contribution in [2.75, 3.05) is 37.6 Å². The van der Waals surface area contributed by atoms with Gasteiger partial charge in [0.15, 0.2) is 0 Å². The van der Waals surface area contributed by atoms with Crippen molar-refractivity contribution in [2.45, 2.75) is 50.0 Å². The highest BCUT2D eigenvalue weighted by Gasteiger charge is 2.61. The molecule has 4 heterocycles. The molecule has 0 N–H and O–H groups in total. The van der Waals surface area contributed by atoms with E-state index in [1.54, 1.807) is 0 Å². The summed E-state index contributed by atoms with van der Waals surface area (Å²) >= 11 is 0. The zero-order valence-electron chi connectivity index (χ0n) is 49.3. The van der Waals surface area contributed by atoms with Gasteiger partial charge in [-0.25, -0.2) is 0 Å². The zero-order valence-corrected chi connectivity index (χ0v) is 49.3. The molecule has 1 fully saturated rings. The Balaban J connectivity index is 1.05. The van der Waals surface area contributed by atoms with Crippen LogP contribution < -0.4 is 35.4 Å². The van der Waals surface area contributed by atoms with Crippen LogP contribution in [0.3, 0.4) is 0 Å². The predicted octanol–water partition coefficient (Wildman–Crippen LogP) is 19.4. The van der Waals surface area contributed by atoms with E-state index < -0.39 is 0 Å². The van der Waals surface area contributed by atoms with Crippen LogP contribution in [0.5, 0.6) is 0 Å². The van der Waals surface area contributed by atoms with Crippen molar-refractivity contribution < 1.29 is 0 Å². The van der Waals surface area contributed by atoms with Gasteiger partial charge in [-0.3, -0.25) is 0 Å². The Morgan fingerprint density at radius 1 is 0.352 bits per heavy atom. The van der Waals surface area contributed by atoms with Gasteiger partial charge in [-0.15, -0.1) is 0 Å². The van der Waals surface area contributed by atoms with Crippen molar-refractivity contribution >= 4 is 80.2 Å². The van der Waals surface area contributed by atoms with Crippen LogP contribution in [-0.4, -0.2) is 31.9 Å². The Labute approximate surface area is 517 Å². The highest BCUT2D eigenvalue weighted by molar-refractivity contribution is 6.91. The number of nitrogens with zero attached hydrogens (tertiary/aromatic N) is 5. The Morgan fingerprint density at radius 2 is 0.761 bits per heavy atom. The van der Waals surface area contributed by atoms with Gasteiger partial charge in [0.2, 0.25) is 6.71 Å². The Bertz CT molecular complexity index is 4320. The number of hydrogen-bond acceptors (Lipinski definition) is 5. The van der Waals surface area contributed by atoms with Crippen LogP contribution in [0.15, 0.2) is 297 Å². The average molecular weight is 1130 g/mol. The summed E-state index contributed by atoms with van der Waals surface area (Å²) in [5.41, 5.74) is 29.4. The molecule has 422 valence electrons. The number of fused-ring (bicyclic) bond motifs is 6. The van der Waals surface area contributed by atoms with Gasteiger partial charge in [-0.2, -0.15) is 0 Å². The molecule has 0 amide bonds. The molecule has 0 radical (unpaired) electrons. The van der Waals surface area contributed by atoms with Crippen molar-refractivity contribution in [3.05, 3.63) is 308 Å². The standard InChI is InChI=1S/C82H66BN5/c1-9-29-57(30-10-1)66-45-25-46-67(58-31-11-2-12-32-58)79(66)87-73-55-65(85(61-37-17-5-18-38-61)62-39-19-6-20-40-62)51-52-72(73)83-76-74(86(63-41-21-7-22-42-63)64-43-23-8-24-44-64)56-75(76)88(82-71-50-28-54-84-53-27-49-70(78(71)84)81(87)77(82)83)80-68(59-33-13-3-14-34-59)47-26-48-69(80)60-35-15-4-16-36-60/h1-26,29-48,51-52,55,74-76H,27-28,49-50,53-54,56H2/t74?,75?,76-/m0/s1. The molecule has 0 saturated heterocycles. The fourth-order valence-corrected chi connectivity index (χ4v) is 16.2. The number of rotatable bonds is 12. The third kappa shape index (κ3) is 8.52. The highest BCUT2D eigenvalue weighted by Crippen LogP contribution is 2.63. The van der Waals surface area contributed by atoms with Crippen LogP contribution in [0.1, 0.15) is 30.4 Å². The summed E-state index contributed by atoms with van der Waals surface area (Å²) in [5.74, 6) is 0.122. The second-order valence-corrected chi connectivity index (χ2v) is 24.4. The van der Waals surface area contributed by atoms with Crippen molar-refractivity contribution in [1.29, 1.82) is 0 Å². The lowest BCUT2D eigenvalue weighted by atomic mass is 9.24. The fourth-order valence-electron chi connectivity index (χ4n) is 16.2. The highest BCUT2D eigenvalue weighted by atomic mass is 15.3. The molecule has 12 aromatic carbocycles. The molecule has 0 spiro atoms. The number of benzene rings is 12. The Kier molecular flexibility index (Phi) is 13.0. The van der Waals surface area contributed by atoms with E-state index in [0.717, 1.165) is 62.3 Å². The molecular weight excluding hydrogens is 1070 g/mol. The third-order valence-corrected chi connectivity index (χ3v) is 19.7. The van der Waals surface area contributed by atoms with Crippen molar-refractivity contribution in [2.24, 2.45) is 0 Å². The summed E-state index contributed by atoms with van der Waals surface area (Å²) in [4.78, 5) is 13.8. The van der Waals surface area contributed by atoms with Crippen LogP contribution in [0.2, 0.25) is 5.82 Å². The Hall–Kier alpha value is -10.3. The lowest BCUT2D eigenvalue weighted by Crippen LogP contribution is -2.72. The zero-order chi connectivity index (χ0) is 58.1. The van der Waals surface area contributed by atoms with Gasteiger partial charge in [-0.1, -0.05) is 237 Å². The van der Waals surface area contributed by atoms with Crippen LogP contribution in [0, 0.1) is 0 Å². The maximum absolute atomic E-state index is 2.98. The van der Waals surface area contributed by atoms with Gasteiger partial charge in [0.25, 0.3) is 0 Å². The van der Waals surface area contributed by atoms with E-state index in [-0.39, 0.29) is 24.6 Å². The molecule has 5 aliphatic rings. The first kappa shape index (κ1) is 52.1. The van der Waals surface area contributed by atoms with Crippen LogP contribution in [0.4, 0.5) is 62.6 Å². The summed E-state index contributed by atoms with van der Waals surface area (Å²) in [7, 11) is 0. The minimum atomic E-state index is 0.00843. The van der Waals surface area contributed by atoms with E-state index in [1.807, 2.05) is 0 Å².